The van der Waals surface area contributed by atoms with Crippen molar-refractivity contribution in [3.8, 4) is 0 Å². The molecule has 1 aliphatic heterocycles. The second-order valence-corrected chi connectivity index (χ2v) is 14.4. The standard InChI is InChI=1S/C41H39F12N7O2/c42-38(43,44)27-17-28(39(45,46)47)20-31(19-27)56-36(61)58-33(15-25-9-3-1-4-10-25)23-54-35(60-13-7-8-14-60)55-24-34(16-26-11-5-2-6-12-26)59-37(62)57-32-21-29(40(48,49)50)18-30(22-32)41(51,52)53/h1-6,9-12,17-22,33-34H,7-8,13-16,23-24H2,(H5,54,55,56,57,58,59,61,62)/p+1/t33-,34-/m0/s1. The van der Waals surface area contributed by atoms with E-state index in [1.54, 1.807) is 66.0 Å². The Bertz CT molecular complexity index is 2120. The summed E-state index contributed by atoms with van der Waals surface area (Å²) in [7, 11) is 0. The first-order valence-corrected chi connectivity index (χ1v) is 19.0. The number of guanidine groups is 1. The van der Waals surface area contributed by atoms with Crippen LogP contribution < -0.4 is 31.7 Å². The number of amides is 2. The van der Waals surface area contributed by atoms with Gasteiger partial charge in [-0.1, -0.05) is 60.7 Å². The van der Waals surface area contributed by atoms with Gasteiger partial charge in [-0.05, 0) is 73.2 Å². The summed E-state index contributed by atoms with van der Waals surface area (Å²) in [5.74, 6) is 0.511. The fraction of sp³-hybridized carbons (Fsp3) is 0.341. The van der Waals surface area contributed by atoms with Crippen LogP contribution in [0.25, 0.3) is 0 Å². The van der Waals surface area contributed by atoms with Crippen molar-refractivity contribution in [1.29, 1.82) is 0 Å². The number of anilines is 2. The number of nitrogens with one attached hydrogen (secondary N) is 4. The van der Waals surface area contributed by atoms with Crippen LogP contribution in [-0.2, 0) is 37.5 Å². The molecule has 0 radical (unpaired) electrons. The zero-order valence-electron chi connectivity index (χ0n) is 32.4. The minimum atomic E-state index is -5.15. The average Bonchev–Trinajstić information content (AvgIpc) is 3.72. The van der Waals surface area contributed by atoms with Crippen molar-refractivity contribution < 1.29 is 72.5 Å². The molecule has 0 saturated carbocycles. The average molecular weight is 891 g/mol. The molecule has 1 heterocycles. The number of rotatable bonds is 12. The van der Waals surface area contributed by atoms with Gasteiger partial charge in [0.2, 0.25) is 0 Å². The number of quaternary nitrogens is 1. The summed E-state index contributed by atoms with van der Waals surface area (Å²) in [5, 5.41) is 24.8. The summed E-state index contributed by atoms with van der Waals surface area (Å²) < 4.78 is 164. The van der Waals surface area contributed by atoms with Gasteiger partial charge in [0.15, 0.2) is 0 Å². The summed E-state index contributed by atoms with van der Waals surface area (Å²) in [6.07, 6.45) is -18.7. The third-order valence-electron chi connectivity index (χ3n) is 9.52. The van der Waals surface area contributed by atoms with Gasteiger partial charge in [-0.15, -0.1) is 0 Å². The summed E-state index contributed by atoms with van der Waals surface area (Å²) in [5.41, 5.74) is -6.59. The van der Waals surface area contributed by atoms with E-state index in [2.05, 4.69) is 20.9 Å². The van der Waals surface area contributed by atoms with Crippen LogP contribution in [0, 0.1) is 0 Å². The number of urea groups is 1. The number of alkyl halides is 12. The molecule has 4 aromatic carbocycles. The number of nitrogens with two attached hydrogens (primary N) is 1. The van der Waals surface area contributed by atoms with E-state index in [9.17, 15) is 62.6 Å². The van der Waals surface area contributed by atoms with Crippen LogP contribution in [0.4, 0.5) is 68.9 Å². The van der Waals surface area contributed by atoms with E-state index in [4.69, 9.17) is 0 Å². The van der Waals surface area contributed by atoms with E-state index in [0.29, 0.717) is 48.9 Å². The van der Waals surface area contributed by atoms with E-state index in [1.165, 1.54) is 0 Å². The number of nitrogens with zero attached hydrogens (tertiary/aromatic N) is 2. The number of halogens is 12. The molecule has 62 heavy (non-hydrogen) atoms. The number of hydrogen-bond acceptors (Lipinski definition) is 3. The molecule has 0 unspecified atom stereocenters. The normalized spacial score (nSPS) is 14.9. The third kappa shape index (κ3) is 14.3. The number of amidine groups is 1. The zero-order chi connectivity index (χ0) is 45.3. The van der Waals surface area contributed by atoms with E-state index < -0.39 is 82.5 Å². The minimum absolute atomic E-state index is 0.0630. The summed E-state index contributed by atoms with van der Waals surface area (Å²) in [6.45, 7) is 1.14. The van der Waals surface area contributed by atoms with Crippen molar-refractivity contribution in [2.75, 3.05) is 36.8 Å². The fourth-order valence-electron chi connectivity index (χ4n) is 6.62. The predicted octanol–water partition coefficient (Wildman–Crippen LogP) is 7.25. The molecule has 0 bridgehead atoms. The quantitative estimate of drug-likeness (QED) is 0.0446. The Morgan fingerprint density at radius 1 is 0.645 bits per heavy atom. The van der Waals surface area contributed by atoms with Crippen LogP contribution in [0.1, 0.15) is 46.2 Å². The van der Waals surface area contributed by atoms with Gasteiger partial charge in [0.1, 0.15) is 13.1 Å². The van der Waals surface area contributed by atoms with Crippen molar-refractivity contribution in [2.45, 2.75) is 62.5 Å². The Morgan fingerprint density at radius 3 is 1.53 bits per heavy atom. The SMILES string of the molecule is O=C(Nc1cc(C(F)(F)F)cc(C(F)(F)F)c1)N[C@H](C[NH2+]C(NC[C@H](Cc1ccccc1)N=C([O-])Nc1cc(C(F)(F)F)cc(C(F)(F)F)c1)=[N+]1CCCC1)Cc1ccccc1. The van der Waals surface area contributed by atoms with Crippen LogP contribution in [0.3, 0.4) is 0 Å². The molecule has 0 spiro atoms. The number of hydrogen-bond donors (Lipinski definition) is 5. The number of carbonyl (C=O) groups is 1. The van der Waals surface area contributed by atoms with Crippen molar-refractivity contribution in [2.24, 2.45) is 4.99 Å². The van der Waals surface area contributed by atoms with Crippen LogP contribution in [0.15, 0.2) is 102 Å². The topological polar surface area (TPSA) is 120 Å². The molecule has 5 rings (SSSR count). The number of aliphatic imine (C=N–C) groups is 1. The van der Waals surface area contributed by atoms with E-state index in [1.807, 2.05) is 9.89 Å². The minimum Gasteiger partial charge on any atom is -0.846 e. The van der Waals surface area contributed by atoms with Crippen LogP contribution in [0.2, 0.25) is 0 Å². The maximum Gasteiger partial charge on any atom is 0.440 e. The first-order chi connectivity index (χ1) is 29.0. The molecule has 0 aromatic heterocycles. The first kappa shape index (κ1) is 47.1. The highest BCUT2D eigenvalue weighted by Crippen LogP contribution is 2.39. The molecular weight excluding hydrogens is 850 g/mol. The van der Waals surface area contributed by atoms with Crippen molar-refractivity contribution in [3.05, 3.63) is 130 Å². The maximum atomic E-state index is 13.5. The third-order valence-corrected chi connectivity index (χ3v) is 9.52. The lowest BCUT2D eigenvalue weighted by Gasteiger charge is -2.21. The Balaban J connectivity index is 1.37. The van der Waals surface area contributed by atoms with Crippen molar-refractivity contribution in [3.63, 3.8) is 0 Å². The van der Waals surface area contributed by atoms with Crippen molar-refractivity contribution in [1.82, 2.24) is 10.6 Å². The van der Waals surface area contributed by atoms with E-state index in [0.717, 1.165) is 18.4 Å². The zero-order valence-corrected chi connectivity index (χ0v) is 32.4. The molecule has 9 nitrogen and oxygen atoms in total. The molecule has 1 saturated heterocycles. The summed E-state index contributed by atoms with van der Waals surface area (Å²) in [4.78, 5) is 17.3. The lowest BCUT2D eigenvalue weighted by molar-refractivity contribution is -0.634. The summed E-state index contributed by atoms with van der Waals surface area (Å²) >= 11 is 0. The monoisotopic (exact) mass is 890 g/mol. The molecule has 6 N–H and O–H groups in total. The first-order valence-electron chi connectivity index (χ1n) is 19.0. The van der Waals surface area contributed by atoms with Gasteiger partial charge in [0.25, 0.3) is 0 Å². The predicted molar refractivity (Wildman–Crippen MR) is 203 cm³/mol. The Morgan fingerprint density at radius 2 is 1.08 bits per heavy atom. The van der Waals surface area contributed by atoms with Gasteiger partial charge in [-0.2, -0.15) is 52.7 Å². The molecule has 1 fully saturated rings. The molecule has 2 atom stereocenters. The molecule has 21 heteroatoms. The van der Waals surface area contributed by atoms with E-state index >= 15 is 0 Å². The molecule has 334 valence electrons. The number of carbonyl (C=O) groups excluding carboxylic acids is 1. The largest absolute Gasteiger partial charge is 0.846 e. The molecule has 2 amide bonds. The number of benzene rings is 4. The van der Waals surface area contributed by atoms with Crippen LogP contribution >= 0.6 is 0 Å². The van der Waals surface area contributed by atoms with Gasteiger partial charge >= 0.3 is 36.7 Å². The highest BCUT2D eigenvalue weighted by Gasteiger charge is 2.38. The van der Waals surface area contributed by atoms with E-state index in [-0.39, 0.29) is 38.1 Å². The highest BCUT2D eigenvalue weighted by molar-refractivity contribution is 5.90. The molecular formula is C41H40F12N7O2+. The Hall–Kier alpha value is -5.99. The lowest BCUT2D eigenvalue weighted by Crippen LogP contribution is -2.95. The second kappa shape index (κ2) is 19.8. The van der Waals surface area contributed by atoms with Gasteiger partial charge in [-0.25, -0.2) is 20.0 Å². The molecule has 1 aliphatic rings. The molecule has 4 aromatic rings. The second-order valence-electron chi connectivity index (χ2n) is 14.4. The van der Waals surface area contributed by atoms with Gasteiger partial charge in [-0.3, -0.25) is 4.99 Å². The smallest absolute Gasteiger partial charge is 0.440 e. The Labute approximate surface area is 346 Å². The van der Waals surface area contributed by atoms with Crippen LogP contribution in [-0.4, -0.2) is 60.9 Å². The molecule has 0 aliphatic carbocycles. The highest BCUT2D eigenvalue weighted by atomic mass is 19.4. The van der Waals surface area contributed by atoms with Crippen LogP contribution in [0.5, 0.6) is 0 Å². The fourth-order valence-corrected chi connectivity index (χ4v) is 6.62. The van der Waals surface area contributed by atoms with Crippen molar-refractivity contribution >= 4 is 29.4 Å². The van der Waals surface area contributed by atoms with Gasteiger partial charge < -0.3 is 21.1 Å². The Kier molecular flexibility index (Phi) is 15.0. The lowest BCUT2D eigenvalue weighted by atomic mass is 10.1. The van der Waals surface area contributed by atoms with Gasteiger partial charge in [0, 0.05) is 11.4 Å². The van der Waals surface area contributed by atoms with Gasteiger partial charge in [0.05, 0.1) is 53.4 Å². The summed E-state index contributed by atoms with van der Waals surface area (Å²) in [6, 6.07) is 14.7. The maximum absolute atomic E-state index is 13.5.